The third-order valence-electron chi connectivity index (χ3n) is 6.56. The maximum absolute atomic E-state index is 11.2. The number of hydrogen-bond donors (Lipinski definition) is 5. The van der Waals surface area contributed by atoms with E-state index in [-0.39, 0.29) is 11.5 Å². The highest BCUT2D eigenvalue weighted by atomic mass is 16.4. The van der Waals surface area contributed by atoms with E-state index < -0.39 is 28.5 Å². The highest BCUT2D eigenvalue weighted by Crippen LogP contribution is 2.41. The van der Waals surface area contributed by atoms with Crippen molar-refractivity contribution in [2.24, 2.45) is 10.8 Å². The molecular formula is C26H42O7. The van der Waals surface area contributed by atoms with Crippen LogP contribution in [-0.2, 0) is 22.4 Å². The molecule has 0 aliphatic heterocycles. The van der Waals surface area contributed by atoms with Crippen LogP contribution in [-0.4, -0.2) is 37.5 Å². The van der Waals surface area contributed by atoms with Gasteiger partial charge in [0.15, 0.2) is 11.5 Å². The third-order valence-corrected chi connectivity index (χ3v) is 6.56. The summed E-state index contributed by atoms with van der Waals surface area (Å²) in [6.07, 6.45) is 9.17. The summed E-state index contributed by atoms with van der Waals surface area (Å²) in [5.41, 5.74) is -0.228. The molecule has 0 amide bonds. The maximum Gasteiger partial charge on any atom is 0.309 e. The second-order valence-electron chi connectivity index (χ2n) is 10.4. The van der Waals surface area contributed by atoms with Crippen LogP contribution in [0.4, 0.5) is 0 Å². The van der Waals surface area contributed by atoms with Gasteiger partial charge in [-0.3, -0.25) is 9.59 Å². The van der Waals surface area contributed by atoms with Crippen LogP contribution in [0.3, 0.4) is 0 Å². The highest BCUT2D eigenvalue weighted by Gasteiger charge is 2.26. The standard InChI is InChI=1S/C26H42O7/c1-25(2,23(30)31)15-11-7-5-9-13-18-17-19(21(28)22(29)20(18)27)14-10-6-8-12-16-26(3,4)24(32)33/h17,27-29H,5-16H2,1-4H3,(H,30,31)(H,32,33). The second-order valence-corrected chi connectivity index (χ2v) is 10.4. The normalized spacial score (nSPS) is 12.1. The number of aliphatic carboxylic acids is 2. The summed E-state index contributed by atoms with van der Waals surface area (Å²) in [6.45, 7) is 6.91. The molecule has 1 rings (SSSR count). The second kappa shape index (κ2) is 12.7. The fourth-order valence-electron chi connectivity index (χ4n) is 3.83. The molecule has 0 saturated heterocycles. The Bertz CT molecular complexity index is 734. The number of unbranched alkanes of at least 4 members (excludes halogenated alkanes) is 6. The number of carbonyl (C=O) groups is 2. The van der Waals surface area contributed by atoms with Crippen LogP contribution in [0.2, 0.25) is 0 Å². The summed E-state index contributed by atoms with van der Waals surface area (Å²) < 4.78 is 0. The van der Waals surface area contributed by atoms with Crippen LogP contribution in [0.25, 0.3) is 0 Å². The number of carboxylic acid groups (broad SMARTS) is 2. The van der Waals surface area contributed by atoms with Gasteiger partial charge in [-0.25, -0.2) is 0 Å². The van der Waals surface area contributed by atoms with Crippen molar-refractivity contribution in [2.45, 2.75) is 105 Å². The van der Waals surface area contributed by atoms with Crippen molar-refractivity contribution in [1.82, 2.24) is 0 Å². The van der Waals surface area contributed by atoms with E-state index in [1.807, 2.05) is 0 Å². The van der Waals surface area contributed by atoms with Gasteiger partial charge < -0.3 is 25.5 Å². The number of phenolic OH excluding ortho intramolecular Hbond substituents is 3. The van der Waals surface area contributed by atoms with Crippen LogP contribution < -0.4 is 0 Å². The zero-order valence-corrected chi connectivity index (χ0v) is 20.6. The quantitative estimate of drug-likeness (QED) is 0.149. The molecule has 0 spiro atoms. The lowest BCUT2D eigenvalue weighted by Gasteiger charge is -2.18. The van der Waals surface area contributed by atoms with Gasteiger partial charge in [0.25, 0.3) is 0 Å². The number of hydrogen-bond acceptors (Lipinski definition) is 5. The van der Waals surface area contributed by atoms with Gasteiger partial charge in [-0.2, -0.15) is 0 Å². The summed E-state index contributed by atoms with van der Waals surface area (Å²) in [5.74, 6) is -2.61. The average molecular weight is 467 g/mol. The Morgan fingerprint density at radius 2 is 0.939 bits per heavy atom. The smallest absolute Gasteiger partial charge is 0.309 e. The van der Waals surface area contributed by atoms with Crippen molar-refractivity contribution < 1.29 is 35.1 Å². The largest absolute Gasteiger partial charge is 0.504 e. The summed E-state index contributed by atoms with van der Waals surface area (Å²) >= 11 is 0. The van der Waals surface area contributed by atoms with Crippen molar-refractivity contribution in [3.8, 4) is 17.2 Å². The Labute approximate surface area is 197 Å². The van der Waals surface area contributed by atoms with Crippen molar-refractivity contribution >= 4 is 11.9 Å². The minimum atomic E-state index is -0.788. The van der Waals surface area contributed by atoms with Crippen molar-refractivity contribution in [2.75, 3.05) is 0 Å². The van der Waals surface area contributed by atoms with Gasteiger partial charge >= 0.3 is 11.9 Å². The lowest BCUT2D eigenvalue weighted by Crippen LogP contribution is -2.23. The van der Waals surface area contributed by atoms with Crippen LogP contribution in [0.1, 0.15) is 103 Å². The van der Waals surface area contributed by atoms with Gasteiger partial charge in [0.2, 0.25) is 5.75 Å². The molecule has 0 aliphatic rings. The van der Waals surface area contributed by atoms with Crippen LogP contribution >= 0.6 is 0 Å². The highest BCUT2D eigenvalue weighted by molar-refractivity contribution is 5.73. The molecule has 0 heterocycles. The molecule has 0 aromatic heterocycles. The lowest BCUT2D eigenvalue weighted by molar-refractivity contribution is -0.148. The minimum Gasteiger partial charge on any atom is -0.504 e. The monoisotopic (exact) mass is 466 g/mol. The molecule has 5 N–H and O–H groups in total. The number of benzene rings is 1. The lowest BCUT2D eigenvalue weighted by atomic mass is 9.87. The van der Waals surface area contributed by atoms with E-state index in [9.17, 15) is 24.9 Å². The third kappa shape index (κ3) is 9.14. The number of phenols is 3. The number of aromatic hydroxyl groups is 3. The fraction of sp³-hybridized carbons (Fsp3) is 0.692. The summed E-state index contributed by atoms with van der Waals surface area (Å²) in [4.78, 5) is 22.3. The van der Waals surface area contributed by atoms with Crippen molar-refractivity contribution in [3.63, 3.8) is 0 Å². The first-order chi connectivity index (χ1) is 15.3. The van der Waals surface area contributed by atoms with Gasteiger partial charge in [-0.15, -0.1) is 0 Å². The molecule has 0 fully saturated rings. The van der Waals surface area contributed by atoms with Gasteiger partial charge in [0.05, 0.1) is 10.8 Å². The molecule has 0 atom stereocenters. The van der Waals surface area contributed by atoms with E-state index in [4.69, 9.17) is 10.2 Å². The van der Waals surface area contributed by atoms with E-state index >= 15 is 0 Å². The molecule has 7 nitrogen and oxygen atoms in total. The topological polar surface area (TPSA) is 135 Å². The average Bonchev–Trinajstić information content (AvgIpc) is 2.73. The Morgan fingerprint density at radius 3 is 1.27 bits per heavy atom. The molecule has 7 heteroatoms. The van der Waals surface area contributed by atoms with Crippen molar-refractivity contribution in [1.29, 1.82) is 0 Å². The molecule has 0 aliphatic carbocycles. The Balaban J connectivity index is 2.48. The molecular weight excluding hydrogens is 424 g/mol. The molecule has 0 unspecified atom stereocenters. The van der Waals surface area contributed by atoms with Gasteiger partial charge in [0.1, 0.15) is 0 Å². The minimum absolute atomic E-state index is 0.279. The van der Waals surface area contributed by atoms with Crippen LogP contribution in [0, 0.1) is 10.8 Å². The van der Waals surface area contributed by atoms with E-state index in [1.54, 1.807) is 33.8 Å². The van der Waals surface area contributed by atoms with Gasteiger partial charge in [0, 0.05) is 0 Å². The molecule has 33 heavy (non-hydrogen) atoms. The fourth-order valence-corrected chi connectivity index (χ4v) is 3.83. The SMILES string of the molecule is CC(C)(CCCCCCc1cc(CCCCCCC(C)(C)C(=O)O)c(O)c(O)c1O)C(=O)O. The first-order valence-corrected chi connectivity index (χ1v) is 12.0. The molecule has 0 bridgehead atoms. The molecule has 0 saturated carbocycles. The van der Waals surface area contributed by atoms with E-state index in [1.165, 1.54) is 0 Å². The summed E-state index contributed by atoms with van der Waals surface area (Å²) in [6, 6.07) is 1.76. The maximum atomic E-state index is 11.2. The molecule has 1 aromatic rings. The predicted octanol–water partition coefficient (Wildman–Crippen LogP) is 6.01. The first kappa shape index (κ1) is 28.6. The molecule has 1 aromatic carbocycles. The van der Waals surface area contributed by atoms with Gasteiger partial charge in [-0.05, 0) is 83.4 Å². The van der Waals surface area contributed by atoms with E-state index in [0.717, 1.165) is 51.4 Å². The number of carboxylic acids is 2. The van der Waals surface area contributed by atoms with E-state index in [0.29, 0.717) is 36.8 Å². The van der Waals surface area contributed by atoms with Crippen LogP contribution in [0.5, 0.6) is 17.2 Å². The van der Waals surface area contributed by atoms with Gasteiger partial charge in [-0.1, -0.05) is 38.5 Å². The number of rotatable bonds is 16. The Kier molecular flexibility index (Phi) is 11.0. The number of aryl methyl sites for hydroxylation is 2. The molecule has 0 radical (unpaired) electrons. The van der Waals surface area contributed by atoms with E-state index in [2.05, 4.69) is 0 Å². The van der Waals surface area contributed by atoms with Crippen LogP contribution in [0.15, 0.2) is 6.07 Å². The first-order valence-electron chi connectivity index (χ1n) is 12.0. The van der Waals surface area contributed by atoms with Crippen molar-refractivity contribution in [3.05, 3.63) is 17.2 Å². The molecule has 188 valence electrons. The predicted molar refractivity (Wildman–Crippen MR) is 128 cm³/mol. The zero-order valence-electron chi connectivity index (χ0n) is 20.6. The Hall–Kier alpha value is -2.44. The zero-order chi connectivity index (χ0) is 25.2. The summed E-state index contributed by atoms with van der Waals surface area (Å²) in [5, 5.41) is 48.9. The Morgan fingerprint density at radius 1 is 0.606 bits per heavy atom. The summed E-state index contributed by atoms with van der Waals surface area (Å²) in [7, 11) is 0.